The SMILES string of the molecule is CCOC(=O)c1sc(NC(=O)COC(=O)c2ccc(S(C)(=O)=O)cc2)c(C(=O)OCC)c1C. The number of benzene rings is 1. The van der Waals surface area contributed by atoms with E-state index in [9.17, 15) is 27.6 Å². The third-order valence-corrected chi connectivity index (χ3v) is 6.51. The molecule has 0 atom stereocenters. The summed E-state index contributed by atoms with van der Waals surface area (Å²) in [6.07, 6.45) is 1.04. The van der Waals surface area contributed by atoms with Crippen LogP contribution in [-0.2, 0) is 28.8 Å². The molecular formula is C21H23NO9S2. The fourth-order valence-electron chi connectivity index (χ4n) is 2.66. The minimum absolute atomic E-state index is 0.0148. The van der Waals surface area contributed by atoms with Crippen molar-refractivity contribution in [3.8, 4) is 0 Å². The molecule has 33 heavy (non-hydrogen) atoms. The van der Waals surface area contributed by atoms with Gasteiger partial charge in [-0.15, -0.1) is 11.3 Å². The van der Waals surface area contributed by atoms with Crippen molar-refractivity contribution in [2.24, 2.45) is 0 Å². The number of anilines is 1. The predicted octanol–water partition coefficient (Wildman–Crippen LogP) is 2.61. The topological polar surface area (TPSA) is 142 Å². The lowest BCUT2D eigenvalue weighted by atomic mass is 10.1. The Labute approximate surface area is 194 Å². The van der Waals surface area contributed by atoms with E-state index in [1.54, 1.807) is 13.8 Å². The average Bonchev–Trinajstić information content (AvgIpc) is 3.07. The lowest BCUT2D eigenvalue weighted by Gasteiger charge is -2.08. The number of nitrogens with one attached hydrogen (secondary N) is 1. The maximum Gasteiger partial charge on any atom is 0.348 e. The second-order valence-electron chi connectivity index (χ2n) is 6.62. The zero-order chi connectivity index (χ0) is 24.8. The summed E-state index contributed by atoms with van der Waals surface area (Å²) in [4.78, 5) is 49.2. The van der Waals surface area contributed by atoms with E-state index >= 15 is 0 Å². The van der Waals surface area contributed by atoms with Crippen LogP contribution in [0.1, 0.15) is 49.8 Å². The van der Waals surface area contributed by atoms with Crippen LogP contribution < -0.4 is 5.32 Å². The quantitative estimate of drug-likeness (QED) is 0.408. The van der Waals surface area contributed by atoms with E-state index in [4.69, 9.17) is 14.2 Å². The van der Waals surface area contributed by atoms with Gasteiger partial charge in [-0.1, -0.05) is 0 Å². The molecule has 0 bridgehead atoms. The number of esters is 3. The van der Waals surface area contributed by atoms with E-state index < -0.39 is 40.3 Å². The number of carbonyl (C=O) groups excluding carboxylic acids is 4. The highest BCUT2D eigenvalue weighted by Gasteiger charge is 2.27. The molecule has 0 radical (unpaired) electrons. The molecule has 0 saturated heterocycles. The van der Waals surface area contributed by atoms with Crippen molar-refractivity contribution in [1.82, 2.24) is 0 Å². The highest BCUT2D eigenvalue weighted by atomic mass is 32.2. The number of rotatable bonds is 9. The molecule has 10 nitrogen and oxygen atoms in total. The van der Waals surface area contributed by atoms with Gasteiger partial charge in [0, 0.05) is 6.26 Å². The molecule has 2 rings (SSSR count). The molecule has 0 aliphatic rings. The van der Waals surface area contributed by atoms with Crippen molar-refractivity contribution in [2.75, 3.05) is 31.4 Å². The normalized spacial score (nSPS) is 10.9. The van der Waals surface area contributed by atoms with Gasteiger partial charge in [0.1, 0.15) is 9.88 Å². The molecule has 2 aromatic rings. The summed E-state index contributed by atoms with van der Waals surface area (Å²) in [5, 5.41) is 2.52. The first-order chi connectivity index (χ1) is 15.5. The van der Waals surface area contributed by atoms with Gasteiger partial charge >= 0.3 is 17.9 Å². The number of carbonyl (C=O) groups is 4. The Hall–Kier alpha value is -3.25. The molecule has 1 aromatic carbocycles. The summed E-state index contributed by atoms with van der Waals surface area (Å²) in [6, 6.07) is 5.04. The minimum atomic E-state index is -3.42. The summed E-state index contributed by atoms with van der Waals surface area (Å²) in [5.74, 6) is -2.96. The van der Waals surface area contributed by atoms with Gasteiger partial charge in [0.25, 0.3) is 5.91 Å². The molecule has 0 spiro atoms. The van der Waals surface area contributed by atoms with Crippen LogP contribution in [0.15, 0.2) is 29.2 Å². The molecule has 0 aliphatic heterocycles. The summed E-state index contributed by atoms with van der Waals surface area (Å²) >= 11 is 0.847. The van der Waals surface area contributed by atoms with Crippen molar-refractivity contribution in [1.29, 1.82) is 0 Å². The Morgan fingerprint density at radius 1 is 0.909 bits per heavy atom. The van der Waals surface area contributed by atoms with Crippen molar-refractivity contribution >= 4 is 50.0 Å². The molecule has 1 amide bonds. The van der Waals surface area contributed by atoms with E-state index in [1.807, 2.05) is 0 Å². The highest BCUT2D eigenvalue weighted by molar-refractivity contribution is 7.90. The van der Waals surface area contributed by atoms with Crippen molar-refractivity contribution in [2.45, 2.75) is 25.7 Å². The molecule has 0 aliphatic carbocycles. The number of amides is 1. The molecule has 0 fully saturated rings. The first-order valence-electron chi connectivity index (χ1n) is 9.74. The number of thiophene rings is 1. The Bertz CT molecular complexity index is 1170. The van der Waals surface area contributed by atoms with E-state index in [1.165, 1.54) is 31.2 Å². The summed E-state index contributed by atoms with van der Waals surface area (Å²) in [6.45, 7) is 4.33. The van der Waals surface area contributed by atoms with Crippen molar-refractivity contribution < 1.29 is 41.8 Å². The second-order valence-corrected chi connectivity index (χ2v) is 9.66. The van der Waals surface area contributed by atoms with Crippen LogP contribution in [0.2, 0.25) is 0 Å². The summed E-state index contributed by atoms with van der Waals surface area (Å²) < 4.78 is 37.9. The van der Waals surface area contributed by atoms with Crippen molar-refractivity contribution in [3.05, 3.63) is 45.8 Å². The molecule has 1 heterocycles. The van der Waals surface area contributed by atoms with Gasteiger partial charge < -0.3 is 19.5 Å². The van der Waals surface area contributed by atoms with Gasteiger partial charge in [0.15, 0.2) is 16.4 Å². The molecule has 1 aromatic heterocycles. The van der Waals surface area contributed by atoms with Crippen LogP contribution in [0.4, 0.5) is 5.00 Å². The Kier molecular flexibility index (Phi) is 8.71. The van der Waals surface area contributed by atoms with E-state index in [2.05, 4.69) is 5.32 Å². The third-order valence-electron chi connectivity index (χ3n) is 4.19. The lowest BCUT2D eigenvalue weighted by Crippen LogP contribution is -2.21. The van der Waals surface area contributed by atoms with E-state index in [0.717, 1.165) is 17.6 Å². The van der Waals surface area contributed by atoms with Crippen LogP contribution in [0.25, 0.3) is 0 Å². The van der Waals surface area contributed by atoms with Gasteiger partial charge in [-0.05, 0) is 50.6 Å². The fourth-order valence-corrected chi connectivity index (χ4v) is 4.39. The standard InChI is InChI=1S/C21H23NO9S2/c1-5-29-20(25)16-12(3)17(21(26)30-6-2)32-18(16)22-15(23)11-31-19(24)13-7-9-14(10-8-13)33(4,27)28/h7-10H,5-6,11H2,1-4H3,(H,22,23). The van der Waals surface area contributed by atoms with Crippen LogP contribution in [0.5, 0.6) is 0 Å². The molecule has 0 unspecified atom stereocenters. The largest absolute Gasteiger partial charge is 0.462 e. The Morgan fingerprint density at radius 2 is 1.48 bits per heavy atom. The van der Waals surface area contributed by atoms with Crippen LogP contribution in [-0.4, -0.2) is 58.3 Å². The first-order valence-corrected chi connectivity index (χ1v) is 12.4. The van der Waals surface area contributed by atoms with Gasteiger partial charge in [0.2, 0.25) is 0 Å². The van der Waals surface area contributed by atoms with Crippen molar-refractivity contribution in [3.63, 3.8) is 0 Å². The van der Waals surface area contributed by atoms with E-state index in [-0.39, 0.29) is 39.1 Å². The monoisotopic (exact) mass is 497 g/mol. The molecule has 0 saturated carbocycles. The number of hydrogen-bond acceptors (Lipinski definition) is 10. The maximum absolute atomic E-state index is 12.4. The number of ether oxygens (including phenoxy) is 3. The van der Waals surface area contributed by atoms with Crippen LogP contribution >= 0.6 is 11.3 Å². The predicted molar refractivity (Wildman–Crippen MR) is 119 cm³/mol. The lowest BCUT2D eigenvalue weighted by molar-refractivity contribution is -0.119. The molecular weight excluding hydrogens is 474 g/mol. The Balaban J connectivity index is 2.14. The molecule has 12 heteroatoms. The maximum atomic E-state index is 12.4. The van der Waals surface area contributed by atoms with E-state index in [0.29, 0.717) is 5.56 Å². The number of sulfone groups is 1. The second kappa shape index (κ2) is 11.1. The van der Waals surface area contributed by atoms with Gasteiger partial charge in [-0.2, -0.15) is 0 Å². The smallest absolute Gasteiger partial charge is 0.348 e. The number of hydrogen-bond donors (Lipinski definition) is 1. The van der Waals surface area contributed by atoms with Gasteiger partial charge in [-0.25, -0.2) is 22.8 Å². The van der Waals surface area contributed by atoms with Gasteiger partial charge in [0.05, 0.1) is 29.2 Å². The van der Waals surface area contributed by atoms with Gasteiger partial charge in [-0.3, -0.25) is 4.79 Å². The zero-order valence-electron chi connectivity index (χ0n) is 18.4. The average molecular weight is 498 g/mol. The molecule has 178 valence electrons. The Morgan fingerprint density at radius 3 is 2.03 bits per heavy atom. The van der Waals surface area contributed by atoms with Crippen LogP contribution in [0.3, 0.4) is 0 Å². The molecule has 1 N–H and O–H groups in total. The highest BCUT2D eigenvalue weighted by Crippen LogP contribution is 2.34. The summed E-state index contributed by atoms with van der Waals surface area (Å²) in [5.41, 5.74) is 0.370. The summed E-state index contributed by atoms with van der Waals surface area (Å²) in [7, 11) is -3.42. The minimum Gasteiger partial charge on any atom is -0.462 e. The van der Waals surface area contributed by atoms with Crippen LogP contribution in [0, 0.1) is 6.92 Å². The zero-order valence-corrected chi connectivity index (χ0v) is 20.1. The first kappa shape index (κ1) is 26.0. The third kappa shape index (κ3) is 6.62. The fraction of sp³-hybridized carbons (Fsp3) is 0.333.